The Hall–Kier alpha value is -3.52. The van der Waals surface area contributed by atoms with Gasteiger partial charge in [0.15, 0.2) is 34.7 Å². The minimum atomic E-state index is -1.35. The fourth-order valence-corrected chi connectivity index (χ4v) is 3.54. The fraction of sp³-hybridized carbons (Fsp3) is 0.400. The minimum absolute atomic E-state index is 0.119. The third-order valence-corrected chi connectivity index (χ3v) is 5.14. The topological polar surface area (TPSA) is 182 Å². The molecule has 33 heavy (non-hydrogen) atoms. The van der Waals surface area contributed by atoms with Gasteiger partial charge < -0.3 is 35.3 Å². The number of nitrogens with two attached hydrogens (primary N) is 1. The van der Waals surface area contributed by atoms with E-state index in [1.54, 1.807) is 25.3 Å². The van der Waals surface area contributed by atoms with Gasteiger partial charge >= 0.3 is 0 Å². The lowest BCUT2D eigenvalue weighted by Gasteiger charge is -2.18. The van der Waals surface area contributed by atoms with Gasteiger partial charge in [-0.15, -0.1) is 0 Å². The normalized spacial score (nSPS) is 22.8. The molecule has 0 aliphatic carbocycles. The van der Waals surface area contributed by atoms with Crippen LogP contribution in [0.4, 0.5) is 11.8 Å². The number of nitrogens with one attached hydrogen (secondary N) is 1. The van der Waals surface area contributed by atoms with Gasteiger partial charge in [-0.1, -0.05) is 0 Å². The predicted molar refractivity (Wildman–Crippen MR) is 118 cm³/mol. The molecule has 3 heterocycles. The number of nitrogen functional groups attached to an aromatic ring is 1. The van der Waals surface area contributed by atoms with Crippen LogP contribution >= 0.6 is 0 Å². The Morgan fingerprint density at radius 1 is 1.27 bits per heavy atom. The molecule has 0 spiro atoms. The quantitative estimate of drug-likeness (QED) is 0.223. The molecule has 0 unspecified atom stereocenters. The standard InChI is InChI=1S/C20H25N7O6/c1-3-32-11-5-4-10(6-12(11)31-2)7-24-26-20-25-14-17(21)22-9-23-18(14)27(20)19-16(30)15(29)13(8-28)33-19/h4-7,9,13,15-16,19,28-30H,3,8H2,1-2H3,(H,25,26)(H2,21,22,23)/b24-7-/t13-,15+,16+,19-/m0/s1. The molecule has 1 fully saturated rings. The smallest absolute Gasteiger partial charge is 0.228 e. The summed E-state index contributed by atoms with van der Waals surface area (Å²) in [6.45, 7) is 1.92. The number of fused-ring (bicyclic) bond motifs is 1. The Balaban J connectivity index is 1.66. The van der Waals surface area contributed by atoms with Gasteiger partial charge in [0.25, 0.3) is 0 Å². The molecular weight excluding hydrogens is 434 g/mol. The monoisotopic (exact) mass is 459 g/mol. The molecule has 4 atom stereocenters. The van der Waals surface area contributed by atoms with Gasteiger partial charge in [0.1, 0.15) is 24.6 Å². The molecule has 13 heteroatoms. The van der Waals surface area contributed by atoms with Crippen molar-refractivity contribution in [2.45, 2.75) is 31.5 Å². The third-order valence-electron chi connectivity index (χ3n) is 5.14. The summed E-state index contributed by atoms with van der Waals surface area (Å²) in [5.41, 5.74) is 9.96. The summed E-state index contributed by atoms with van der Waals surface area (Å²) in [5, 5.41) is 34.3. The van der Waals surface area contributed by atoms with Crippen LogP contribution in [0.5, 0.6) is 11.5 Å². The van der Waals surface area contributed by atoms with Gasteiger partial charge in [-0.05, 0) is 30.7 Å². The number of aliphatic hydroxyl groups excluding tert-OH is 3. The van der Waals surface area contributed by atoms with Gasteiger partial charge in [-0.25, -0.2) is 20.4 Å². The first-order valence-corrected chi connectivity index (χ1v) is 10.2. The summed E-state index contributed by atoms with van der Waals surface area (Å²) in [6, 6.07) is 5.33. The Morgan fingerprint density at radius 3 is 2.79 bits per heavy atom. The Kier molecular flexibility index (Phi) is 6.55. The lowest BCUT2D eigenvalue weighted by atomic mass is 10.1. The highest BCUT2D eigenvalue weighted by atomic mass is 16.6. The number of hydrogen-bond acceptors (Lipinski definition) is 12. The van der Waals surface area contributed by atoms with E-state index in [0.29, 0.717) is 18.1 Å². The van der Waals surface area contributed by atoms with Crippen molar-refractivity contribution in [3.05, 3.63) is 30.1 Å². The second-order valence-corrected chi connectivity index (χ2v) is 7.18. The van der Waals surface area contributed by atoms with E-state index >= 15 is 0 Å². The highest BCUT2D eigenvalue weighted by molar-refractivity contribution is 5.85. The zero-order chi connectivity index (χ0) is 23.5. The van der Waals surface area contributed by atoms with Crippen LogP contribution in [0.15, 0.2) is 29.6 Å². The number of nitrogens with zero attached hydrogens (tertiary/aromatic N) is 5. The minimum Gasteiger partial charge on any atom is -0.493 e. The molecular formula is C20H25N7O6. The fourth-order valence-electron chi connectivity index (χ4n) is 3.54. The van der Waals surface area contributed by atoms with Crippen LogP contribution in [-0.4, -0.2) is 79.7 Å². The molecule has 0 bridgehead atoms. The van der Waals surface area contributed by atoms with Crippen molar-refractivity contribution in [1.29, 1.82) is 0 Å². The second-order valence-electron chi connectivity index (χ2n) is 7.18. The van der Waals surface area contributed by atoms with E-state index in [4.69, 9.17) is 19.9 Å². The summed E-state index contributed by atoms with van der Waals surface area (Å²) in [6.07, 6.45) is -1.95. The highest BCUT2D eigenvalue weighted by Gasteiger charge is 2.45. The summed E-state index contributed by atoms with van der Waals surface area (Å²) in [5.74, 6) is 1.43. The molecule has 0 amide bonds. The van der Waals surface area contributed by atoms with E-state index in [-0.39, 0.29) is 22.9 Å². The summed E-state index contributed by atoms with van der Waals surface area (Å²) < 4.78 is 17.9. The molecule has 0 saturated carbocycles. The van der Waals surface area contributed by atoms with Crippen LogP contribution in [0, 0.1) is 0 Å². The van der Waals surface area contributed by atoms with Crippen molar-refractivity contribution in [1.82, 2.24) is 19.5 Å². The molecule has 0 radical (unpaired) electrons. The Labute approximate surface area is 188 Å². The van der Waals surface area contributed by atoms with Crippen LogP contribution in [0.3, 0.4) is 0 Å². The van der Waals surface area contributed by atoms with E-state index in [9.17, 15) is 15.3 Å². The van der Waals surface area contributed by atoms with Crippen molar-refractivity contribution in [2.24, 2.45) is 5.10 Å². The first-order chi connectivity index (χ1) is 16.0. The van der Waals surface area contributed by atoms with Crippen molar-refractivity contribution in [3.8, 4) is 11.5 Å². The van der Waals surface area contributed by atoms with E-state index < -0.39 is 31.1 Å². The number of hydrazone groups is 1. The lowest BCUT2D eigenvalue weighted by molar-refractivity contribution is -0.0501. The Morgan fingerprint density at radius 2 is 2.09 bits per heavy atom. The maximum atomic E-state index is 10.5. The largest absolute Gasteiger partial charge is 0.493 e. The summed E-state index contributed by atoms with van der Waals surface area (Å²) >= 11 is 0. The van der Waals surface area contributed by atoms with Crippen LogP contribution < -0.4 is 20.6 Å². The number of methoxy groups -OCH3 is 1. The summed E-state index contributed by atoms with van der Waals surface area (Å²) in [7, 11) is 1.55. The van der Waals surface area contributed by atoms with Gasteiger partial charge in [0.2, 0.25) is 5.95 Å². The number of aliphatic hydroxyl groups is 3. The molecule has 176 valence electrons. The maximum absolute atomic E-state index is 10.5. The lowest BCUT2D eigenvalue weighted by Crippen LogP contribution is -2.33. The van der Waals surface area contributed by atoms with E-state index in [0.717, 1.165) is 5.56 Å². The molecule has 2 aromatic heterocycles. The third kappa shape index (κ3) is 4.26. The van der Waals surface area contributed by atoms with E-state index in [1.165, 1.54) is 17.1 Å². The van der Waals surface area contributed by atoms with E-state index in [1.807, 2.05) is 6.92 Å². The summed E-state index contributed by atoms with van der Waals surface area (Å²) in [4.78, 5) is 12.5. The van der Waals surface area contributed by atoms with Gasteiger partial charge in [-0.3, -0.25) is 4.57 Å². The predicted octanol–water partition coefficient (Wildman–Crippen LogP) is -0.127. The average molecular weight is 459 g/mol. The second kappa shape index (κ2) is 9.54. The molecule has 1 aromatic carbocycles. The molecule has 6 N–H and O–H groups in total. The van der Waals surface area contributed by atoms with Crippen molar-refractivity contribution >= 4 is 29.1 Å². The Bertz CT molecular complexity index is 1150. The number of imidazole rings is 1. The molecule has 4 rings (SSSR count). The van der Waals surface area contributed by atoms with Crippen molar-refractivity contribution < 1.29 is 29.5 Å². The number of anilines is 2. The van der Waals surface area contributed by atoms with Gasteiger partial charge in [0.05, 0.1) is 26.5 Å². The number of rotatable bonds is 8. The van der Waals surface area contributed by atoms with Crippen LogP contribution in [0.1, 0.15) is 18.7 Å². The number of ether oxygens (including phenoxy) is 3. The SMILES string of the molecule is CCOc1ccc(/C=N\Nc2nc3c(N)ncnc3n2[C@H]2O[C@@H](CO)[C@@H](O)[C@H]2O)cc1OC. The average Bonchev–Trinajstić information content (AvgIpc) is 3.32. The molecule has 1 aliphatic rings. The first-order valence-electron chi connectivity index (χ1n) is 10.2. The van der Waals surface area contributed by atoms with Crippen LogP contribution in [0.25, 0.3) is 11.2 Å². The highest BCUT2D eigenvalue weighted by Crippen LogP contribution is 2.35. The molecule has 3 aromatic rings. The van der Waals surface area contributed by atoms with Gasteiger partial charge in [-0.2, -0.15) is 5.10 Å². The van der Waals surface area contributed by atoms with Crippen LogP contribution in [-0.2, 0) is 4.74 Å². The first kappa shape index (κ1) is 22.7. The van der Waals surface area contributed by atoms with Gasteiger partial charge in [0, 0.05) is 0 Å². The van der Waals surface area contributed by atoms with Crippen LogP contribution in [0.2, 0.25) is 0 Å². The zero-order valence-corrected chi connectivity index (χ0v) is 18.0. The number of hydrogen-bond donors (Lipinski definition) is 5. The van der Waals surface area contributed by atoms with Crippen molar-refractivity contribution in [3.63, 3.8) is 0 Å². The number of aromatic nitrogens is 4. The zero-order valence-electron chi connectivity index (χ0n) is 18.0. The van der Waals surface area contributed by atoms with Crippen molar-refractivity contribution in [2.75, 3.05) is 31.5 Å². The number of benzene rings is 1. The van der Waals surface area contributed by atoms with E-state index in [2.05, 4.69) is 25.5 Å². The maximum Gasteiger partial charge on any atom is 0.228 e. The molecule has 1 saturated heterocycles. The molecule has 1 aliphatic heterocycles. The molecule has 13 nitrogen and oxygen atoms in total.